The molecule has 2 nitrogen and oxygen atoms in total. The summed E-state index contributed by atoms with van der Waals surface area (Å²) in [6, 6.07) is 3.67. The van der Waals surface area contributed by atoms with Crippen molar-refractivity contribution in [1.29, 1.82) is 0 Å². The molecule has 1 atom stereocenters. The summed E-state index contributed by atoms with van der Waals surface area (Å²) < 4.78 is 28.6. The summed E-state index contributed by atoms with van der Waals surface area (Å²) in [4.78, 5) is 0.892. The highest BCUT2D eigenvalue weighted by Gasteiger charge is 2.13. The molecule has 0 radical (unpaired) electrons. The van der Waals surface area contributed by atoms with E-state index in [1.807, 2.05) is 17.5 Å². The van der Waals surface area contributed by atoms with E-state index in [1.165, 1.54) is 11.3 Å². The van der Waals surface area contributed by atoms with Gasteiger partial charge in [-0.25, -0.2) is 8.78 Å². The van der Waals surface area contributed by atoms with Gasteiger partial charge in [0.2, 0.25) is 0 Å². The van der Waals surface area contributed by atoms with Gasteiger partial charge in [0, 0.05) is 11.4 Å². The van der Waals surface area contributed by atoms with Gasteiger partial charge in [-0.3, -0.25) is 0 Å². The zero-order valence-electron chi connectivity index (χ0n) is 6.95. The number of halogens is 2. The maximum absolute atomic E-state index is 11.8. The summed E-state index contributed by atoms with van der Waals surface area (Å²) in [5.74, 6) is 0. The first-order valence-electron chi connectivity index (χ1n) is 3.87. The van der Waals surface area contributed by atoms with E-state index in [9.17, 15) is 8.78 Å². The smallest absolute Gasteiger partial charge is 0.261 e. The summed E-state index contributed by atoms with van der Waals surface area (Å²) >= 11 is 1.46. The highest BCUT2D eigenvalue weighted by molar-refractivity contribution is 7.10. The zero-order chi connectivity index (χ0) is 9.68. The zero-order valence-corrected chi connectivity index (χ0v) is 7.77. The van der Waals surface area contributed by atoms with E-state index in [4.69, 9.17) is 10.5 Å². The van der Waals surface area contributed by atoms with Crippen LogP contribution >= 0.6 is 11.3 Å². The number of thiophene rings is 1. The van der Waals surface area contributed by atoms with E-state index in [2.05, 4.69) is 0 Å². The van der Waals surface area contributed by atoms with Crippen LogP contribution in [0.3, 0.4) is 0 Å². The minimum atomic E-state index is -2.44. The van der Waals surface area contributed by atoms with Crippen molar-refractivity contribution in [3.05, 3.63) is 22.4 Å². The number of nitrogens with two attached hydrogens (primary N) is 1. The fraction of sp³-hybridized carbons (Fsp3) is 0.500. The first-order valence-corrected chi connectivity index (χ1v) is 4.75. The van der Waals surface area contributed by atoms with Gasteiger partial charge < -0.3 is 10.5 Å². The molecule has 13 heavy (non-hydrogen) atoms. The maximum Gasteiger partial charge on any atom is 0.261 e. The van der Waals surface area contributed by atoms with Crippen molar-refractivity contribution in [3.8, 4) is 0 Å². The quantitative estimate of drug-likeness (QED) is 0.801. The second-order valence-corrected chi connectivity index (χ2v) is 3.44. The van der Waals surface area contributed by atoms with Gasteiger partial charge in [0.05, 0.1) is 0 Å². The van der Waals surface area contributed by atoms with Crippen LogP contribution in [0, 0.1) is 0 Å². The number of rotatable bonds is 5. The van der Waals surface area contributed by atoms with Gasteiger partial charge in [-0.05, 0) is 11.4 Å². The monoisotopic (exact) mass is 207 g/mol. The Morgan fingerprint density at radius 1 is 1.54 bits per heavy atom. The minimum Gasteiger partial charge on any atom is -0.365 e. The van der Waals surface area contributed by atoms with Gasteiger partial charge >= 0.3 is 0 Å². The molecule has 1 aromatic rings. The molecule has 5 heteroatoms. The molecule has 0 bridgehead atoms. The van der Waals surface area contributed by atoms with Crippen molar-refractivity contribution in [2.75, 3.05) is 13.2 Å². The summed E-state index contributed by atoms with van der Waals surface area (Å²) in [6.07, 6.45) is -2.83. The second-order valence-electron chi connectivity index (χ2n) is 2.46. The largest absolute Gasteiger partial charge is 0.365 e. The topological polar surface area (TPSA) is 35.2 Å². The molecule has 1 unspecified atom stereocenters. The summed E-state index contributed by atoms with van der Waals surface area (Å²) in [7, 11) is 0. The highest BCUT2D eigenvalue weighted by atomic mass is 32.1. The molecule has 0 aliphatic carbocycles. The minimum absolute atomic E-state index is 0.229. The molecule has 0 amide bonds. The van der Waals surface area contributed by atoms with Crippen molar-refractivity contribution in [3.63, 3.8) is 0 Å². The van der Waals surface area contributed by atoms with Crippen molar-refractivity contribution >= 4 is 11.3 Å². The van der Waals surface area contributed by atoms with Crippen LogP contribution in [0.1, 0.15) is 11.0 Å². The molecule has 1 heterocycles. The van der Waals surface area contributed by atoms with Gasteiger partial charge in [0.1, 0.15) is 12.7 Å². The highest BCUT2D eigenvalue weighted by Crippen LogP contribution is 2.21. The summed E-state index contributed by atoms with van der Waals surface area (Å²) in [5.41, 5.74) is 5.39. The lowest BCUT2D eigenvalue weighted by Gasteiger charge is -2.13. The molecular formula is C8H11F2NOS. The average molecular weight is 207 g/mol. The van der Waals surface area contributed by atoms with E-state index in [-0.39, 0.29) is 6.54 Å². The lowest BCUT2D eigenvalue weighted by molar-refractivity contribution is -0.0204. The Morgan fingerprint density at radius 3 is 2.77 bits per heavy atom. The van der Waals surface area contributed by atoms with Crippen LogP contribution in [-0.2, 0) is 4.74 Å². The first-order chi connectivity index (χ1) is 6.24. The van der Waals surface area contributed by atoms with E-state index in [0.29, 0.717) is 0 Å². The van der Waals surface area contributed by atoms with Crippen LogP contribution < -0.4 is 5.73 Å². The van der Waals surface area contributed by atoms with Gasteiger partial charge in [0.25, 0.3) is 6.43 Å². The van der Waals surface area contributed by atoms with Gasteiger partial charge in [-0.15, -0.1) is 11.3 Å². The van der Waals surface area contributed by atoms with Crippen LogP contribution in [-0.4, -0.2) is 19.6 Å². The van der Waals surface area contributed by atoms with Crippen molar-refractivity contribution in [2.24, 2.45) is 5.73 Å². The van der Waals surface area contributed by atoms with E-state index in [0.717, 1.165) is 4.88 Å². The predicted octanol–water partition coefficient (Wildman–Crippen LogP) is 2.03. The third-order valence-corrected chi connectivity index (χ3v) is 2.46. The second kappa shape index (κ2) is 5.26. The van der Waals surface area contributed by atoms with Crippen LogP contribution in [0.25, 0.3) is 0 Å². The lowest BCUT2D eigenvalue weighted by atomic mass is 10.3. The van der Waals surface area contributed by atoms with Crippen LogP contribution in [0.2, 0.25) is 0 Å². The average Bonchev–Trinajstić information content (AvgIpc) is 2.58. The number of alkyl halides is 2. The van der Waals surface area contributed by atoms with E-state index in [1.54, 1.807) is 0 Å². The fourth-order valence-electron chi connectivity index (χ4n) is 0.930. The van der Waals surface area contributed by atoms with Crippen LogP contribution in [0.5, 0.6) is 0 Å². The van der Waals surface area contributed by atoms with Gasteiger partial charge in [0.15, 0.2) is 0 Å². The Hall–Kier alpha value is -0.520. The fourth-order valence-corrected chi connectivity index (χ4v) is 1.72. The molecule has 0 saturated carbocycles. The molecule has 0 fully saturated rings. The Bertz CT molecular complexity index is 228. The number of ether oxygens (including phenoxy) is 1. The Kier molecular flexibility index (Phi) is 4.27. The lowest BCUT2D eigenvalue weighted by Crippen LogP contribution is -2.17. The molecule has 0 spiro atoms. The van der Waals surface area contributed by atoms with Gasteiger partial charge in [-0.2, -0.15) is 0 Å². The van der Waals surface area contributed by atoms with Crippen molar-refractivity contribution < 1.29 is 13.5 Å². The molecule has 74 valence electrons. The molecule has 0 saturated heterocycles. The summed E-state index contributed by atoms with van der Waals surface area (Å²) in [6.45, 7) is -0.326. The normalized spacial score (nSPS) is 13.5. The Morgan fingerprint density at radius 2 is 2.31 bits per heavy atom. The molecule has 1 aromatic heterocycles. The van der Waals surface area contributed by atoms with Crippen molar-refractivity contribution in [1.82, 2.24) is 0 Å². The molecular weight excluding hydrogens is 196 g/mol. The van der Waals surface area contributed by atoms with E-state index < -0.39 is 19.1 Å². The number of hydrogen-bond donors (Lipinski definition) is 1. The first kappa shape index (κ1) is 10.6. The molecule has 1 rings (SSSR count). The third kappa shape index (κ3) is 3.38. The predicted molar refractivity (Wildman–Crippen MR) is 48.1 cm³/mol. The molecule has 0 aliphatic heterocycles. The van der Waals surface area contributed by atoms with Crippen molar-refractivity contribution in [2.45, 2.75) is 12.5 Å². The SMILES string of the molecule is NCC(OCC(F)F)c1cccs1. The van der Waals surface area contributed by atoms with Gasteiger partial charge in [-0.1, -0.05) is 6.07 Å². The van der Waals surface area contributed by atoms with Crippen LogP contribution in [0.4, 0.5) is 8.78 Å². The summed E-state index contributed by atoms with van der Waals surface area (Å²) in [5, 5.41) is 1.86. The Labute approximate surface area is 79.3 Å². The van der Waals surface area contributed by atoms with E-state index >= 15 is 0 Å². The standard InChI is InChI=1S/C8H11F2NOS/c9-8(10)5-12-6(4-11)7-2-1-3-13-7/h1-3,6,8H,4-5,11H2. The molecule has 0 aromatic carbocycles. The Balaban J connectivity index is 2.44. The molecule has 2 N–H and O–H groups in total. The van der Waals surface area contributed by atoms with Crippen LogP contribution in [0.15, 0.2) is 17.5 Å². The maximum atomic E-state index is 11.8. The molecule has 0 aliphatic rings. The number of hydrogen-bond acceptors (Lipinski definition) is 3. The third-order valence-electron chi connectivity index (χ3n) is 1.50.